The van der Waals surface area contributed by atoms with Crippen LogP contribution in [0.15, 0.2) is 211 Å². The van der Waals surface area contributed by atoms with Crippen molar-refractivity contribution in [3.05, 3.63) is 212 Å². The van der Waals surface area contributed by atoms with Crippen LogP contribution in [0.1, 0.15) is 44.1 Å². The zero-order valence-corrected chi connectivity index (χ0v) is 36.0. The first-order valence-corrected chi connectivity index (χ1v) is 23.3. The number of rotatable bonds is 8. The summed E-state index contributed by atoms with van der Waals surface area (Å²) in [5.74, 6) is 2.85. The molecule has 0 aliphatic heterocycles. The quantitative estimate of drug-likeness (QED) is 0.152. The number of furan rings is 1. The van der Waals surface area contributed by atoms with Crippen LogP contribution in [-0.4, -0.2) is 0 Å². The molecule has 2 heteroatoms. The SMILES string of the molecule is c1ccc(-c2cccc3cccc(-c4ccc(N(c5ccc(-c6ccc(C78CC9CC(CC(C9)C7)C8)cc6)cc5)c5ccc(-c6cccc7c6oc6ccccc67)cc5)cc4)c23)cc1. The highest BCUT2D eigenvalue weighted by Crippen LogP contribution is 2.61. The monoisotopic (exact) mass is 823 g/mol. The molecule has 1 aromatic heterocycles. The van der Waals surface area contributed by atoms with E-state index >= 15 is 0 Å². The van der Waals surface area contributed by atoms with Gasteiger partial charge in [-0.3, -0.25) is 0 Å². The summed E-state index contributed by atoms with van der Waals surface area (Å²) >= 11 is 0. The third-order valence-corrected chi connectivity index (χ3v) is 15.3. The van der Waals surface area contributed by atoms with Gasteiger partial charge in [0.15, 0.2) is 0 Å². The fourth-order valence-electron chi connectivity index (χ4n) is 12.7. The van der Waals surface area contributed by atoms with Gasteiger partial charge in [0.2, 0.25) is 0 Å². The van der Waals surface area contributed by atoms with Crippen molar-refractivity contribution < 1.29 is 4.42 Å². The minimum Gasteiger partial charge on any atom is -0.455 e. The number of anilines is 3. The van der Waals surface area contributed by atoms with E-state index in [1.54, 1.807) is 5.56 Å². The van der Waals surface area contributed by atoms with E-state index in [0.717, 1.165) is 67.9 Å². The molecular weight excluding hydrogens is 775 g/mol. The molecule has 0 amide bonds. The molecule has 308 valence electrons. The van der Waals surface area contributed by atoms with Crippen LogP contribution in [0.25, 0.3) is 77.2 Å². The second-order valence-corrected chi connectivity index (χ2v) is 19.1. The summed E-state index contributed by atoms with van der Waals surface area (Å²) in [5, 5.41) is 4.80. The van der Waals surface area contributed by atoms with Gasteiger partial charge in [0.1, 0.15) is 11.2 Å². The molecule has 10 aromatic rings. The molecule has 4 aliphatic carbocycles. The molecule has 14 rings (SSSR count). The van der Waals surface area contributed by atoms with Gasteiger partial charge in [-0.05, 0) is 159 Å². The van der Waals surface area contributed by atoms with Crippen LogP contribution < -0.4 is 4.90 Å². The summed E-state index contributed by atoms with van der Waals surface area (Å²) in [6.07, 6.45) is 8.64. The van der Waals surface area contributed by atoms with E-state index in [4.69, 9.17) is 4.42 Å². The second kappa shape index (κ2) is 15.0. The molecule has 1 heterocycles. The summed E-state index contributed by atoms with van der Waals surface area (Å²) < 4.78 is 6.46. The van der Waals surface area contributed by atoms with Crippen molar-refractivity contribution >= 4 is 49.8 Å². The lowest BCUT2D eigenvalue weighted by molar-refractivity contribution is -0.00518. The van der Waals surface area contributed by atoms with Crippen LogP contribution in [-0.2, 0) is 5.41 Å². The minimum atomic E-state index is 0.416. The molecule has 64 heavy (non-hydrogen) atoms. The molecule has 2 nitrogen and oxygen atoms in total. The number of nitrogens with zero attached hydrogens (tertiary/aromatic N) is 1. The number of hydrogen-bond donors (Lipinski definition) is 0. The van der Waals surface area contributed by atoms with Crippen LogP contribution in [0.3, 0.4) is 0 Å². The van der Waals surface area contributed by atoms with Gasteiger partial charge >= 0.3 is 0 Å². The zero-order chi connectivity index (χ0) is 42.2. The van der Waals surface area contributed by atoms with Gasteiger partial charge in [-0.1, -0.05) is 164 Å². The number of para-hydroxylation sites is 2. The van der Waals surface area contributed by atoms with Gasteiger partial charge in [0, 0.05) is 33.4 Å². The van der Waals surface area contributed by atoms with Gasteiger partial charge in [-0.25, -0.2) is 0 Å². The molecule has 0 N–H and O–H groups in total. The smallest absolute Gasteiger partial charge is 0.143 e. The van der Waals surface area contributed by atoms with E-state index in [2.05, 4.69) is 205 Å². The Morgan fingerprint density at radius 2 is 0.828 bits per heavy atom. The second-order valence-electron chi connectivity index (χ2n) is 19.1. The maximum atomic E-state index is 6.46. The fraction of sp³-hybridized carbons (Fsp3) is 0.161. The first-order chi connectivity index (χ1) is 31.6. The van der Waals surface area contributed by atoms with E-state index < -0.39 is 0 Å². The van der Waals surface area contributed by atoms with Gasteiger partial charge in [0.05, 0.1) is 0 Å². The van der Waals surface area contributed by atoms with Crippen LogP contribution in [0.4, 0.5) is 17.1 Å². The predicted molar refractivity (Wildman–Crippen MR) is 268 cm³/mol. The summed E-state index contributed by atoms with van der Waals surface area (Å²) in [6, 6.07) is 75.8. The zero-order valence-electron chi connectivity index (χ0n) is 36.0. The number of hydrogen-bond acceptors (Lipinski definition) is 2. The molecule has 4 saturated carbocycles. The molecule has 9 aromatic carbocycles. The first kappa shape index (κ1) is 37.4. The van der Waals surface area contributed by atoms with Crippen LogP contribution in [0, 0.1) is 17.8 Å². The van der Waals surface area contributed by atoms with Crippen molar-refractivity contribution in [1.29, 1.82) is 0 Å². The molecule has 0 atom stereocenters. The van der Waals surface area contributed by atoms with Gasteiger partial charge in [-0.2, -0.15) is 0 Å². The lowest BCUT2D eigenvalue weighted by Gasteiger charge is -2.57. The Morgan fingerprint density at radius 3 is 1.42 bits per heavy atom. The highest BCUT2D eigenvalue weighted by molar-refractivity contribution is 6.10. The Balaban J connectivity index is 0.864. The van der Waals surface area contributed by atoms with E-state index in [1.807, 2.05) is 6.07 Å². The maximum Gasteiger partial charge on any atom is 0.143 e. The van der Waals surface area contributed by atoms with Crippen LogP contribution in [0.5, 0.6) is 0 Å². The topological polar surface area (TPSA) is 16.4 Å². The lowest BCUT2D eigenvalue weighted by Crippen LogP contribution is -2.48. The van der Waals surface area contributed by atoms with E-state index in [-0.39, 0.29) is 0 Å². The van der Waals surface area contributed by atoms with Crippen molar-refractivity contribution in [3.8, 4) is 44.5 Å². The van der Waals surface area contributed by atoms with Gasteiger partial charge < -0.3 is 9.32 Å². The van der Waals surface area contributed by atoms with E-state index in [0.29, 0.717) is 5.41 Å². The Morgan fingerprint density at radius 1 is 0.375 bits per heavy atom. The van der Waals surface area contributed by atoms with Crippen LogP contribution in [0.2, 0.25) is 0 Å². The van der Waals surface area contributed by atoms with Crippen molar-refractivity contribution in [2.45, 2.75) is 43.9 Å². The fourth-order valence-corrected chi connectivity index (χ4v) is 12.7. The molecule has 0 unspecified atom stereocenters. The highest BCUT2D eigenvalue weighted by atomic mass is 16.3. The van der Waals surface area contributed by atoms with Crippen LogP contribution >= 0.6 is 0 Å². The number of fused-ring (bicyclic) bond motifs is 4. The Labute approximate surface area is 375 Å². The molecule has 0 spiro atoms. The van der Waals surface area contributed by atoms with Crippen molar-refractivity contribution in [2.24, 2.45) is 17.8 Å². The third kappa shape index (κ3) is 6.30. The van der Waals surface area contributed by atoms with E-state index in [1.165, 1.54) is 82.7 Å². The van der Waals surface area contributed by atoms with Crippen molar-refractivity contribution in [3.63, 3.8) is 0 Å². The summed E-state index contributed by atoms with van der Waals surface area (Å²) in [6.45, 7) is 0. The maximum absolute atomic E-state index is 6.46. The average Bonchev–Trinajstić information content (AvgIpc) is 3.74. The Bertz CT molecular complexity index is 3280. The van der Waals surface area contributed by atoms with E-state index in [9.17, 15) is 0 Å². The normalized spacial score (nSPS) is 20.0. The molecular formula is C62H49NO. The van der Waals surface area contributed by atoms with Crippen molar-refractivity contribution in [1.82, 2.24) is 0 Å². The summed E-state index contributed by atoms with van der Waals surface area (Å²) in [7, 11) is 0. The standard InChI is InChI=1S/C62H49NO/c1-2-9-46(10-3-1)54-14-6-11-49-12-7-15-55(60(49)54)47-23-31-52(32-24-47)63(53-33-25-48(26-34-53)56-16-8-17-58-57-13-4-5-18-59(57)64-61(56)58)51-29-21-45(22-30-51)44-19-27-50(28-20-44)62-38-41-35-42(39-62)37-43(36-41)40-62/h1-34,41-43H,35-40H2. The Hall–Kier alpha value is -7.16. The highest BCUT2D eigenvalue weighted by Gasteiger charge is 2.51. The molecule has 0 saturated heterocycles. The predicted octanol–water partition coefficient (Wildman–Crippen LogP) is 17.3. The summed E-state index contributed by atoms with van der Waals surface area (Å²) in [4.78, 5) is 2.38. The summed E-state index contributed by atoms with van der Waals surface area (Å²) in [5.41, 5.74) is 16.8. The average molecular weight is 824 g/mol. The lowest BCUT2D eigenvalue weighted by atomic mass is 9.48. The number of benzene rings is 9. The first-order valence-electron chi connectivity index (χ1n) is 23.3. The molecule has 0 radical (unpaired) electrons. The molecule has 4 aliphatic rings. The van der Waals surface area contributed by atoms with Crippen molar-refractivity contribution in [2.75, 3.05) is 4.90 Å². The molecule has 4 bridgehead atoms. The Kier molecular flexibility index (Phi) is 8.76. The van der Waals surface area contributed by atoms with Gasteiger partial charge in [0.25, 0.3) is 0 Å². The van der Waals surface area contributed by atoms with Gasteiger partial charge in [-0.15, -0.1) is 0 Å². The largest absolute Gasteiger partial charge is 0.455 e. The minimum absolute atomic E-state index is 0.416. The molecule has 4 fully saturated rings. The third-order valence-electron chi connectivity index (χ3n) is 15.3.